The Morgan fingerprint density at radius 2 is 1.23 bits per heavy atom. The molecule has 14 heteroatoms. The van der Waals surface area contributed by atoms with Crippen molar-refractivity contribution in [3.05, 3.63) is 141 Å². The molecule has 0 saturated heterocycles. The Bertz CT molecular complexity index is 2820. The molecule has 10 nitrogen and oxygen atoms in total. The van der Waals surface area contributed by atoms with Crippen LogP contribution in [0.15, 0.2) is 102 Å². The highest BCUT2D eigenvalue weighted by Crippen LogP contribution is 2.36. The van der Waals surface area contributed by atoms with E-state index in [9.17, 15) is 4.79 Å². The molecule has 0 radical (unpaired) electrons. The third-order valence-electron chi connectivity index (χ3n) is 10.2. The van der Waals surface area contributed by atoms with Crippen molar-refractivity contribution in [2.24, 2.45) is 0 Å². The van der Waals surface area contributed by atoms with Crippen LogP contribution in [0.2, 0.25) is 0 Å². The number of ether oxygens (including phenoxy) is 5. The number of aromatic nitrogens is 4. The number of methoxy groups -OCH3 is 5. The van der Waals surface area contributed by atoms with Gasteiger partial charge in [0.05, 0.1) is 41.1 Å². The van der Waals surface area contributed by atoms with Crippen molar-refractivity contribution in [3.8, 4) is 28.7 Å². The summed E-state index contributed by atoms with van der Waals surface area (Å²) in [4.78, 5) is 29.4. The maximum atomic E-state index is 12.8. The number of aromatic amines is 1. The third-order valence-corrected chi connectivity index (χ3v) is 10.2. The summed E-state index contributed by atoms with van der Waals surface area (Å²) in [5, 5.41) is 6.28. The van der Waals surface area contributed by atoms with Crippen LogP contribution in [0.5, 0.6) is 28.7 Å². The van der Waals surface area contributed by atoms with Gasteiger partial charge in [-0.2, -0.15) is 0 Å². The molecule has 4 aromatic carbocycles. The number of pyridine rings is 4. The first-order valence-corrected chi connectivity index (χ1v) is 18.8. The summed E-state index contributed by atoms with van der Waals surface area (Å²) in [6.45, 7) is 4.14. The Hall–Kier alpha value is -5.52. The molecule has 0 bridgehead atoms. The third kappa shape index (κ3) is 10.9. The molecule has 8 aromatic rings. The molecule has 0 aliphatic rings. The van der Waals surface area contributed by atoms with E-state index in [1.54, 1.807) is 35.5 Å². The number of nitrogens with one attached hydrogen (secondary N) is 1. The van der Waals surface area contributed by atoms with Gasteiger partial charge in [-0.15, -0.1) is 49.6 Å². The van der Waals surface area contributed by atoms with E-state index in [0.717, 1.165) is 96.6 Å². The molecule has 4 heterocycles. The predicted molar refractivity (Wildman–Crippen MR) is 256 cm³/mol. The first-order chi connectivity index (χ1) is 27.7. The van der Waals surface area contributed by atoms with E-state index in [2.05, 4.69) is 46.1 Å². The summed E-state index contributed by atoms with van der Waals surface area (Å²) in [7, 11) is 8.18. The van der Waals surface area contributed by atoms with Crippen LogP contribution in [0, 0.1) is 6.92 Å². The SMILES string of the molecule is CCCc1ncc(Cc2cc3cc(OC)ccc3[nH]c2=O)c2cc(OC)c(OC)cc12.COc1cc2cncc(Cc3ccc4nc(C)ccc4c3)c2cc1OC.Cl.Cl.Cl.Cl. The molecule has 61 heavy (non-hydrogen) atoms. The van der Waals surface area contributed by atoms with Gasteiger partial charge in [-0.3, -0.25) is 19.7 Å². The van der Waals surface area contributed by atoms with E-state index in [0.29, 0.717) is 29.2 Å². The van der Waals surface area contributed by atoms with Crippen LogP contribution >= 0.6 is 49.6 Å². The second-order valence-corrected chi connectivity index (χ2v) is 13.9. The van der Waals surface area contributed by atoms with Gasteiger partial charge in [-0.25, -0.2) is 0 Å². The number of halogens is 4. The normalized spacial score (nSPS) is 10.3. The summed E-state index contributed by atoms with van der Waals surface area (Å²) < 4.78 is 27.2. The topological polar surface area (TPSA) is 118 Å². The number of fused-ring (bicyclic) bond motifs is 4. The van der Waals surface area contributed by atoms with Crippen molar-refractivity contribution in [2.75, 3.05) is 35.5 Å². The summed E-state index contributed by atoms with van der Waals surface area (Å²) in [6, 6.07) is 26.1. The van der Waals surface area contributed by atoms with E-state index < -0.39 is 0 Å². The van der Waals surface area contributed by atoms with Gasteiger partial charge >= 0.3 is 0 Å². The summed E-state index contributed by atoms with van der Waals surface area (Å²) >= 11 is 0. The van der Waals surface area contributed by atoms with E-state index in [-0.39, 0.29) is 55.2 Å². The number of H-pyrrole nitrogens is 1. The van der Waals surface area contributed by atoms with Crippen LogP contribution in [0.25, 0.3) is 43.4 Å². The van der Waals surface area contributed by atoms with Crippen molar-refractivity contribution in [1.29, 1.82) is 0 Å². The minimum atomic E-state index is -0.107. The standard InChI is InChI=1S/C25H26N2O4.C22H20N2O2.4ClH/c1-5-6-22-20-13-24(31-4)23(30-3)12-19(20)17(14-26-22)10-16-9-15-11-18(29-2)7-8-21(15)27-25(16)28;1-14-4-6-16-8-15(5-7-20(16)24-14)9-17-12-23-13-18-10-21(25-2)22(26-3)11-19(17)18;;;;/h7-9,11-14H,5-6,10H2,1-4H3,(H,27,28);4-8,10-13H,9H2,1-3H3;4*1H. The smallest absolute Gasteiger partial charge is 0.251 e. The number of benzene rings is 4. The van der Waals surface area contributed by atoms with Crippen molar-refractivity contribution in [3.63, 3.8) is 0 Å². The monoisotopic (exact) mass is 906 g/mol. The van der Waals surface area contributed by atoms with Crippen molar-refractivity contribution in [2.45, 2.75) is 39.5 Å². The second-order valence-electron chi connectivity index (χ2n) is 13.9. The molecule has 0 saturated carbocycles. The highest BCUT2D eigenvalue weighted by Gasteiger charge is 2.16. The first-order valence-electron chi connectivity index (χ1n) is 18.8. The minimum Gasteiger partial charge on any atom is -0.497 e. The van der Waals surface area contributed by atoms with Crippen LogP contribution in [-0.4, -0.2) is 55.5 Å². The molecule has 8 rings (SSSR count). The lowest BCUT2D eigenvalue weighted by molar-refractivity contribution is 0.356. The summed E-state index contributed by atoms with van der Waals surface area (Å²) in [5.74, 6) is 3.51. The number of rotatable bonds is 11. The average Bonchev–Trinajstić information content (AvgIpc) is 3.24. The molecule has 4 aromatic heterocycles. The Labute approximate surface area is 380 Å². The molecular formula is C47H50Cl4N4O6. The quantitative estimate of drug-likeness (QED) is 0.135. The molecule has 0 aliphatic carbocycles. The Balaban J connectivity index is 0.000000309. The Morgan fingerprint density at radius 3 is 1.90 bits per heavy atom. The van der Waals surface area contributed by atoms with Gasteiger partial charge in [-0.05, 0) is 114 Å². The number of hydrogen-bond donors (Lipinski definition) is 1. The molecule has 0 atom stereocenters. The number of aryl methyl sites for hydroxylation is 2. The molecule has 0 aliphatic heterocycles. The van der Waals surface area contributed by atoms with Crippen LogP contribution < -0.4 is 29.2 Å². The molecule has 322 valence electrons. The van der Waals surface area contributed by atoms with Gasteiger partial charge in [0.2, 0.25) is 0 Å². The van der Waals surface area contributed by atoms with Crippen molar-refractivity contribution in [1.82, 2.24) is 19.9 Å². The lowest BCUT2D eigenvalue weighted by Crippen LogP contribution is -2.13. The van der Waals surface area contributed by atoms with E-state index >= 15 is 0 Å². The van der Waals surface area contributed by atoms with Crippen molar-refractivity contribution >= 4 is 93.0 Å². The minimum absolute atomic E-state index is 0. The number of hydrogen-bond acceptors (Lipinski definition) is 9. The van der Waals surface area contributed by atoms with E-state index in [1.807, 2.05) is 80.1 Å². The first kappa shape index (κ1) is 49.8. The maximum Gasteiger partial charge on any atom is 0.251 e. The Kier molecular flexibility index (Phi) is 18.3. The molecule has 0 amide bonds. The Morgan fingerprint density at radius 1 is 0.574 bits per heavy atom. The largest absolute Gasteiger partial charge is 0.497 e. The molecular weight excluding hydrogens is 858 g/mol. The summed E-state index contributed by atoms with van der Waals surface area (Å²) in [5.41, 5.74) is 7.76. The van der Waals surface area contributed by atoms with Crippen LogP contribution in [0.1, 0.15) is 47.0 Å². The van der Waals surface area contributed by atoms with Gasteiger partial charge in [0, 0.05) is 69.0 Å². The van der Waals surface area contributed by atoms with Crippen LogP contribution in [0.3, 0.4) is 0 Å². The lowest BCUT2D eigenvalue weighted by Gasteiger charge is -2.14. The highest BCUT2D eigenvalue weighted by molar-refractivity contribution is 5.92. The van der Waals surface area contributed by atoms with Gasteiger partial charge in [-0.1, -0.05) is 25.5 Å². The number of nitrogens with zero attached hydrogens (tertiary/aromatic N) is 3. The summed E-state index contributed by atoms with van der Waals surface area (Å²) in [6.07, 6.45) is 8.75. The fourth-order valence-corrected chi connectivity index (χ4v) is 7.25. The second kappa shape index (κ2) is 22.4. The molecule has 0 spiro atoms. The highest BCUT2D eigenvalue weighted by atomic mass is 35.5. The van der Waals surface area contributed by atoms with Gasteiger partial charge in [0.15, 0.2) is 23.0 Å². The zero-order valence-electron chi connectivity index (χ0n) is 35.0. The zero-order valence-corrected chi connectivity index (χ0v) is 38.3. The van der Waals surface area contributed by atoms with Gasteiger partial charge < -0.3 is 28.7 Å². The van der Waals surface area contributed by atoms with Crippen molar-refractivity contribution < 1.29 is 23.7 Å². The zero-order chi connectivity index (χ0) is 40.1. The predicted octanol–water partition coefficient (Wildman–Crippen LogP) is 11.0. The fourth-order valence-electron chi connectivity index (χ4n) is 7.25. The van der Waals surface area contributed by atoms with Gasteiger partial charge in [0.25, 0.3) is 5.56 Å². The molecule has 1 N–H and O–H groups in total. The van der Waals surface area contributed by atoms with E-state index in [4.69, 9.17) is 28.7 Å². The van der Waals surface area contributed by atoms with E-state index in [1.165, 1.54) is 5.56 Å². The fraction of sp³-hybridized carbons (Fsp3) is 0.234. The molecule has 0 unspecified atom stereocenters. The van der Waals surface area contributed by atoms with Gasteiger partial charge in [0.1, 0.15) is 5.75 Å². The lowest BCUT2D eigenvalue weighted by atomic mass is 9.97. The molecule has 0 fully saturated rings. The van der Waals surface area contributed by atoms with Crippen LogP contribution in [-0.2, 0) is 19.3 Å². The maximum absolute atomic E-state index is 12.8. The van der Waals surface area contributed by atoms with Crippen LogP contribution in [0.4, 0.5) is 0 Å². The average molecular weight is 909 g/mol.